The smallest absolute Gasteiger partial charge is 0.326 e. The maximum Gasteiger partial charge on any atom is 0.326 e. The number of aliphatic hydroxyl groups excluding tert-OH is 1. The zero-order valence-electron chi connectivity index (χ0n) is 60.1. The van der Waals surface area contributed by atoms with E-state index in [1.54, 1.807) is 32.0 Å². The average molecular weight is 1580 g/mol. The second-order valence-corrected chi connectivity index (χ2v) is 26.1. The van der Waals surface area contributed by atoms with Crippen molar-refractivity contribution in [1.29, 1.82) is 0 Å². The number of carbonyl (C=O) groups is 21. The van der Waals surface area contributed by atoms with Crippen molar-refractivity contribution >= 4 is 137 Å². The number of likely N-dealkylation sites (tertiary alicyclic amines) is 1. The van der Waals surface area contributed by atoms with Crippen LogP contribution in [-0.2, 0) is 107 Å². The number of nitrogens with zero attached hydrogens (tertiary/aromatic N) is 1. The zero-order chi connectivity index (χ0) is 83.4. The van der Waals surface area contributed by atoms with Crippen molar-refractivity contribution in [2.45, 2.75) is 215 Å². The maximum absolute atomic E-state index is 14.3. The summed E-state index contributed by atoms with van der Waals surface area (Å²) in [7, 11) is 0. The second kappa shape index (κ2) is 47.2. The van der Waals surface area contributed by atoms with Crippen molar-refractivity contribution in [2.24, 2.45) is 11.7 Å². The maximum atomic E-state index is 14.3. The fraction of sp³-hybridized carbons (Fsp3) is 0.585. The molecule has 1 aromatic carbocycles. The molecule has 1 fully saturated rings. The number of aliphatic hydroxyl groups is 1. The number of nitrogens with one attached hydrogen (secondary N) is 12. The van der Waals surface area contributed by atoms with Gasteiger partial charge in [0, 0.05) is 50.8 Å². The number of carboxylic acid groups (broad SMARTS) is 8. The third-order valence-electron chi connectivity index (χ3n) is 16.3. The van der Waals surface area contributed by atoms with E-state index >= 15 is 0 Å². The second-order valence-electron chi connectivity index (χ2n) is 25.8. The van der Waals surface area contributed by atoms with Gasteiger partial charge in [-0.3, -0.25) is 95.9 Å². The number of hydrogen-bond acceptors (Lipinski definition) is 24. The average Bonchev–Trinajstić information content (AvgIpc) is 1.76. The Bertz CT molecular complexity index is 3530. The Labute approximate surface area is 631 Å². The van der Waals surface area contributed by atoms with Crippen molar-refractivity contribution in [2.75, 3.05) is 18.8 Å². The molecule has 45 heteroatoms. The molecular formula is C65H94N14O30S. The normalized spacial score (nSPS) is 15.9. The summed E-state index contributed by atoms with van der Waals surface area (Å²) in [6, 6.07) is -15.9. The quantitative estimate of drug-likeness (QED) is 0.0270. The SMILES string of the molecule is CC(C)C[C@H](NC(=O)[C@H](CCC(=O)O)NC(=O)[C@H](CCC(=O)O)NC(=O)[C@H](CCC(=O)O)NC(=O)CNC(=O)[C@@H](N)CS)C(=O)N[C@@H](CCC(=O)O)C(=O)N[C@@H](C)C(=O)N[C@H](C(=O)N1CCC[C@H]1C(=O)N[C@@H](CCC(=O)O)C(=O)N[C@@H](CC(=O)O)C(=O)N[C@@H](CC(=O)O)C(=O)N[C@@H](Cc1ccccc1)C(=O)O)[C@@H](C)O. The molecule has 2 rings (SSSR count). The van der Waals surface area contributed by atoms with Gasteiger partial charge in [-0.15, -0.1) is 0 Å². The molecule has 0 unspecified atom stereocenters. The van der Waals surface area contributed by atoms with Crippen molar-refractivity contribution in [3.05, 3.63) is 35.9 Å². The standard InChI is InChI=1S/C65H94N14O30S/c1-29(2)23-39(74-58(101)37(15-20-48(88)89)71-57(100)36(14-19-47(86)87)70-56(99)34(12-17-45(82)83)69-44(81)27-67-54(97)33(66)28-110)60(103)72-35(13-18-46(84)85)55(98)68-30(3)53(96)78-52(31(4)80)64(107)79-22-8-11-43(79)63(106)73-38(16-21-49(90)91)59(102)75-40(25-50(92)93)61(104)76-41(26-51(94)95)62(105)77-42(65(108)109)24-32-9-6-5-7-10-32/h5-7,9-10,29-31,33-43,52,80,110H,8,11-28,66H2,1-4H3,(H,67,97)(H,68,98)(H,69,81)(H,70,99)(H,71,100)(H,72,103)(H,73,106)(H,74,101)(H,75,102)(H,76,104)(H,77,105)(H,78,96)(H,82,83)(H,84,85)(H,86,87)(H,88,89)(H,90,91)(H,92,93)(H,94,95)(H,108,109)/t30-,31+,33-,34-,35-,36-,37-,38-,39-,40-,41-,42-,43-,52-/m0/s1. The molecular weight excluding hydrogens is 1490 g/mol. The minimum absolute atomic E-state index is 0.0318. The lowest BCUT2D eigenvalue weighted by Crippen LogP contribution is -2.61. The van der Waals surface area contributed by atoms with Gasteiger partial charge < -0.3 is 120 Å². The van der Waals surface area contributed by atoms with Crippen LogP contribution >= 0.6 is 12.6 Å². The van der Waals surface area contributed by atoms with Crippen molar-refractivity contribution in [3.8, 4) is 0 Å². The van der Waals surface area contributed by atoms with Crippen LogP contribution in [0.25, 0.3) is 0 Å². The number of amides is 13. The lowest BCUT2D eigenvalue weighted by atomic mass is 10.0. The van der Waals surface area contributed by atoms with E-state index in [9.17, 15) is 147 Å². The summed E-state index contributed by atoms with van der Waals surface area (Å²) in [5.74, 6) is -29.4. The van der Waals surface area contributed by atoms with Gasteiger partial charge in [0.1, 0.15) is 72.5 Å². The van der Waals surface area contributed by atoms with Crippen LogP contribution in [0.3, 0.4) is 0 Å². The third kappa shape index (κ3) is 34.9. The lowest BCUT2D eigenvalue weighted by Gasteiger charge is -2.31. The molecule has 0 aromatic heterocycles. The highest BCUT2D eigenvalue weighted by molar-refractivity contribution is 7.80. The number of rotatable bonds is 51. The van der Waals surface area contributed by atoms with Crippen LogP contribution in [0, 0.1) is 5.92 Å². The molecule has 23 N–H and O–H groups in total. The predicted octanol–water partition coefficient (Wildman–Crippen LogP) is -7.27. The van der Waals surface area contributed by atoms with E-state index in [4.69, 9.17) is 5.73 Å². The summed E-state index contributed by atoms with van der Waals surface area (Å²) in [4.78, 5) is 274. The predicted molar refractivity (Wildman–Crippen MR) is 374 cm³/mol. The van der Waals surface area contributed by atoms with E-state index in [0.717, 1.165) is 18.7 Å². The molecule has 610 valence electrons. The van der Waals surface area contributed by atoms with Crippen LogP contribution in [0.15, 0.2) is 30.3 Å². The Kier molecular flexibility index (Phi) is 40.5. The highest BCUT2D eigenvalue weighted by Gasteiger charge is 2.43. The van der Waals surface area contributed by atoms with Crippen LogP contribution < -0.4 is 69.5 Å². The van der Waals surface area contributed by atoms with E-state index in [2.05, 4.69) is 65.8 Å². The molecule has 1 heterocycles. The topological polar surface area (TPSA) is 714 Å². The number of nitrogens with two attached hydrogens (primary N) is 1. The van der Waals surface area contributed by atoms with Crippen molar-refractivity contribution in [3.63, 3.8) is 0 Å². The summed E-state index contributed by atoms with van der Waals surface area (Å²) in [6.07, 6.45) is -12.9. The van der Waals surface area contributed by atoms with Gasteiger partial charge >= 0.3 is 47.8 Å². The van der Waals surface area contributed by atoms with Gasteiger partial charge in [-0.2, -0.15) is 12.6 Å². The number of aliphatic carboxylic acids is 8. The molecule has 0 bridgehead atoms. The summed E-state index contributed by atoms with van der Waals surface area (Å²) < 4.78 is 0. The molecule has 0 radical (unpaired) electrons. The monoisotopic (exact) mass is 1580 g/mol. The number of benzene rings is 1. The largest absolute Gasteiger partial charge is 0.481 e. The lowest BCUT2D eigenvalue weighted by molar-refractivity contribution is -0.145. The highest BCUT2D eigenvalue weighted by atomic mass is 32.1. The van der Waals surface area contributed by atoms with Crippen LogP contribution in [0.4, 0.5) is 0 Å². The van der Waals surface area contributed by atoms with Crippen molar-refractivity contribution in [1.82, 2.24) is 68.7 Å². The number of thiol groups is 1. The Balaban J connectivity index is 2.41. The zero-order valence-corrected chi connectivity index (χ0v) is 60.9. The van der Waals surface area contributed by atoms with Crippen LogP contribution in [0.2, 0.25) is 0 Å². The van der Waals surface area contributed by atoms with Crippen LogP contribution in [0.1, 0.15) is 130 Å². The Morgan fingerprint density at radius 2 is 0.809 bits per heavy atom. The first-order valence-electron chi connectivity index (χ1n) is 34.2. The van der Waals surface area contributed by atoms with Gasteiger partial charge in [0.15, 0.2) is 0 Å². The van der Waals surface area contributed by atoms with Crippen LogP contribution in [-0.4, -0.2) is 279 Å². The fourth-order valence-corrected chi connectivity index (χ4v) is 10.7. The highest BCUT2D eigenvalue weighted by Crippen LogP contribution is 2.21. The minimum Gasteiger partial charge on any atom is -0.481 e. The van der Waals surface area contributed by atoms with Gasteiger partial charge in [-0.25, -0.2) is 4.79 Å². The summed E-state index contributed by atoms with van der Waals surface area (Å²) in [6.45, 7) is 4.11. The minimum atomic E-state index is -2.21. The molecule has 14 atom stereocenters. The first-order chi connectivity index (χ1) is 51.4. The van der Waals surface area contributed by atoms with E-state index < -0.39 is 299 Å². The number of hydrogen-bond donors (Lipinski definition) is 23. The fourth-order valence-electron chi connectivity index (χ4n) is 10.5. The van der Waals surface area contributed by atoms with Crippen LogP contribution in [0.5, 0.6) is 0 Å². The summed E-state index contributed by atoms with van der Waals surface area (Å²) in [5, 5.41) is 114. The summed E-state index contributed by atoms with van der Waals surface area (Å²) >= 11 is 3.88. The van der Waals surface area contributed by atoms with Gasteiger partial charge in [-0.1, -0.05) is 44.2 Å². The van der Waals surface area contributed by atoms with E-state index in [1.165, 1.54) is 12.1 Å². The Morgan fingerprint density at radius 1 is 0.445 bits per heavy atom. The number of carboxylic acids is 8. The van der Waals surface area contributed by atoms with Gasteiger partial charge in [0.25, 0.3) is 0 Å². The van der Waals surface area contributed by atoms with Gasteiger partial charge in [0.2, 0.25) is 76.8 Å². The van der Waals surface area contributed by atoms with Gasteiger partial charge in [0.05, 0.1) is 31.5 Å². The molecule has 1 aliphatic rings. The summed E-state index contributed by atoms with van der Waals surface area (Å²) in [5.41, 5.74) is 6.00. The molecule has 0 saturated carbocycles. The molecule has 1 aliphatic heterocycles. The van der Waals surface area contributed by atoms with E-state index in [1.807, 2.05) is 10.6 Å². The first kappa shape index (κ1) is 94.4. The third-order valence-corrected chi connectivity index (χ3v) is 16.7. The first-order valence-corrected chi connectivity index (χ1v) is 34.8. The van der Waals surface area contributed by atoms with E-state index in [-0.39, 0.29) is 38.0 Å². The van der Waals surface area contributed by atoms with Crippen molar-refractivity contribution < 1.29 is 147 Å². The molecule has 44 nitrogen and oxygen atoms in total. The molecule has 0 aliphatic carbocycles. The van der Waals surface area contributed by atoms with E-state index in [0.29, 0.717) is 5.56 Å². The molecule has 1 aromatic rings. The molecule has 13 amide bonds. The molecule has 0 spiro atoms. The van der Waals surface area contributed by atoms with Gasteiger partial charge in [-0.05, 0) is 76.7 Å². The number of carbonyl (C=O) groups excluding carboxylic acids is 13. The Hall–Kier alpha value is -11.6. The molecule has 1 saturated heterocycles. The molecule has 110 heavy (non-hydrogen) atoms. The Morgan fingerprint density at radius 3 is 1.19 bits per heavy atom.